The van der Waals surface area contributed by atoms with E-state index in [0.29, 0.717) is 12.6 Å². The third-order valence-electron chi connectivity index (χ3n) is 3.53. The minimum Gasteiger partial charge on any atom is -0.373 e. The van der Waals surface area contributed by atoms with Crippen LogP contribution in [0, 0.1) is 0 Å². The van der Waals surface area contributed by atoms with Gasteiger partial charge in [0.05, 0.1) is 12.2 Å². The van der Waals surface area contributed by atoms with Crippen LogP contribution in [-0.2, 0) is 16.1 Å². The molecule has 1 aliphatic heterocycles. The number of morpholine rings is 1. The minimum atomic E-state index is -0.00472. The first kappa shape index (κ1) is 15.0. The third kappa shape index (κ3) is 4.31. The van der Waals surface area contributed by atoms with Crippen LogP contribution >= 0.6 is 0 Å². The summed E-state index contributed by atoms with van der Waals surface area (Å²) in [7, 11) is 0. The molecule has 0 unspecified atom stereocenters. The smallest absolute Gasteiger partial charge is 0.241 e. The van der Waals surface area contributed by atoms with Gasteiger partial charge < -0.3 is 10.1 Å². The maximum absolute atomic E-state index is 11.8. The average molecular weight is 280 g/mol. The highest BCUT2D eigenvalue weighted by Gasteiger charge is 2.25. The van der Waals surface area contributed by atoms with Crippen molar-refractivity contribution in [3.8, 4) is 0 Å². The number of hydrogen-bond donors (Lipinski definition) is 1. The van der Waals surface area contributed by atoms with E-state index < -0.39 is 0 Å². The van der Waals surface area contributed by atoms with Gasteiger partial charge in [0, 0.05) is 38.1 Å². The number of carbonyl (C=O) groups is 1. The Hall–Kier alpha value is -1.40. The van der Waals surface area contributed by atoms with Crippen LogP contribution < -0.4 is 5.32 Å². The van der Waals surface area contributed by atoms with Crippen molar-refractivity contribution in [2.75, 3.05) is 19.6 Å². The lowest BCUT2D eigenvalue weighted by Crippen LogP contribution is -2.52. The van der Waals surface area contributed by atoms with Crippen molar-refractivity contribution in [1.29, 1.82) is 0 Å². The molecule has 1 amide bonds. The maximum Gasteiger partial charge on any atom is 0.241 e. The SMILES string of the molecule is C[C@@H]1CN([C@@H](C)CNC(=O)Cn2cccn2)C[C@@H](C)O1. The molecule has 0 aromatic carbocycles. The largest absolute Gasteiger partial charge is 0.373 e. The van der Waals surface area contributed by atoms with E-state index in [1.807, 2.05) is 6.07 Å². The molecule has 1 aromatic rings. The van der Waals surface area contributed by atoms with Gasteiger partial charge in [0.15, 0.2) is 0 Å². The van der Waals surface area contributed by atoms with Crippen LogP contribution in [-0.4, -0.2) is 58.5 Å². The molecule has 1 fully saturated rings. The summed E-state index contributed by atoms with van der Waals surface area (Å²) in [5.74, 6) is -0.00472. The van der Waals surface area contributed by atoms with Crippen molar-refractivity contribution >= 4 is 5.91 Å². The molecule has 3 atom stereocenters. The topological polar surface area (TPSA) is 59.4 Å². The van der Waals surface area contributed by atoms with Gasteiger partial charge in [0.1, 0.15) is 6.54 Å². The van der Waals surface area contributed by atoms with Crippen molar-refractivity contribution < 1.29 is 9.53 Å². The molecular formula is C14H24N4O2. The molecule has 1 saturated heterocycles. The third-order valence-corrected chi connectivity index (χ3v) is 3.53. The molecule has 1 N–H and O–H groups in total. The highest BCUT2D eigenvalue weighted by molar-refractivity contribution is 5.75. The van der Waals surface area contributed by atoms with Crippen molar-refractivity contribution in [1.82, 2.24) is 20.0 Å². The standard InChI is InChI=1S/C14H24N4O2/c1-11(17-8-12(2)20-13(3)9-17)7-15-14(19)10-18-6-4-5-16-18/h4-6,11-13H,7-10H2,1-3H3,(H,15,19)/t11-,12+,13+/m0/s1. The summed E-state index contributed by atoms with van der Waals surface area (Å²) < 4.78 is 7.35. The number of aromatic nitrogens is 2. The van der Waals surface area contributed by atoms with Gasteiger partial charge in [0.2, 0.25) is 5.91 Å². The second-order valence-electron chi connectivity index (χ2n) is 5.57. The average Bonchev–Trinajstić information content (AvgIpc) is 2.87. The molecule has 2 heterocycles. The van der Waals surface area contributed by atoms with E-state index in [4.69, 9.17) is 4.74 Å². The Bertz CT molecular complexity index is 411. The summed E-state index contributed by atoms with van der Waals surface area (Å²) in [6, 6.07) is 2.12. The van der Waals surface area contributed by atoms with Crippen LogP contribution in [0.25, 0.3) is 0 Å². The van der Waals surface area contributed by atoms with Crippen molar-refractivity contribution in [3.63, 3.8) is 0 Å². The van der Waals surface area contributed by atoms with Gasteiger partial charge in [-0.05, 0) is 26.8 Å². The molecule has 0 saturated carbocycles. The summed E-state index contributed by atoms with van der Waals surface area (Å²) in [5.41, 5.74) is 0. The van der Waals surface area contributed by atoms with E-state index in [-0.39, 0.29) is 24.7 Å². The molecule has 2 rings (SSSR count). The van der Waals surface area contributed by atoms with Crippen LogP contribution in [0.3, 0.4) is 0 Å². The quantitative estimate of drug-likeness (QED) is 0.853. The zero-order valence-electron chi connectivity index (χ0n) is 12.5. The number of nitrogens with one attached hydrogen (secondary N) is 1. The highest BCUT2D eigenvalue weighted by Crippen LogP contribution is 2.13. The van der Waals surface area contributed by atoms with Gasteiger partial charge in [-0.3, -0.25) is 14.4 Å². The molecule has 0 bridgehead atoms. The fraction of sp³-hybridized carbons (Fsp3) is 0.714. The number of ether oxygens (including phenoxy) is 1. The first-order valence-corrected chi connectivity index (χ1v) is 7.18. The molecule has 1 aromatic heterocycles. The molecule has 112 valence electrons. The van der Waals surface area contributed by atoms with Crippen LogP contribution in [0.5, 0.6) is 0 Å². The van der Waals surface area contributed by atoms with Crippen LogP contribution in [0.1, 0.15) is 20.8 Å². The predicted octanol–water partition coefficient (Wildman–Crippen LogP) is 0.497. The molecule has 20 heavy (non-hydrogen) atoms. The summed E-state index contributed by atoms with van der Waals surface area (Å²) in [4.78, 5) is 14.2. The fourth-order valence-corrected chi connectivity index (χ4v) is 2.57. The summed E-state index contributed by atoms with van der Waals surface area (Å²) in [5, 5.41) is 6.99. The zero-order valence-corrected chi connectivity index (χ0v) is 12.5. The van der Waals surface area contributed by atoms with Crippen molar-refractivity contribution in [2.24, 2.45) is 0 Å². The lowest BCUT2D eigenvalue weighted by molar-refractivity contribution is -0.122. The Morgan fingerprint density at radius 1 is 1.45 bits per heavy atom. The van der Waals surface area contributed by atoms with E-state index in [9.17, 15) is 4.79 Å². The van der Waals surface area contributed by atoms with E-state index in [1.54, 1.807) is 17.1 Å². The first-order chi connectivity index (χ1) is 9.54. The van der Waals surface area contributed by atoms with Gasteiger partial charge in [0.25, 0.3) is 0 Å². The number of carbonyl (C=O) groups excluding carboxylic acids is 1. The predicted molar refractivity (Wildman–Crippen MR) is 76.3 cm³/mol. The zero-order chi connectivity index (χ0) is 14.5. The lowest BCUT2D eigenvalue weighted by atomic mass is 10.1. The van der Waals surface area contributed by atoms with Gasteiger partial charge in [-0.15, -0.1) is 0 Å². The summed E-state index contributed by atoms with van der Waals surface area (Å²) >= 11 is 0. The molecule has 6 nitrogen and oxygen atoms in total. The van der Waals surface area contributed by atoms with E-state index in [1.165, 1.54) is 0 Å². The second-order valence-corrected chi connectivity index (χ2v) is 5.57. The van der Waals surface area contributed by atoms with Crippen LogP contribution in [0.15, 0.2) is 18.5 Å². The Balaban J connectivity index is 1.74. The van der Waals surface area contributed by atoms with Gasteiger partial charge in [-0.1, -0.05) is 0 Å². The molecule has 6 heteroatoms. The van der Waals surface area contributed by atoms with E-state index in [0.717, 1.165) is 13.1 Å². The Morgan fingerprint density at radius 2 is 2.15 bits per heavy atom. The van der Waals surface area contributed by atoms with E-state index >= 15 is 0 Å². The Kier molecular flexibility index (Phi) is 5.14. The number of hydrogen-bond acceptors (Lipinski definition) is 4. The second kappa shape index (κ2) is 6.85. The van der Waals surface area contributed by atoms with Crippen LogP contribution in [0.4, 0.5) is 0 Å². The monoisotopic (exact) mass is 280 g/mol. The fourth-order valence-electron chi connectivity index (χ4n) is 2.57. The highest BCUT2D eigenvalue weighted by atomic mass is 16.5. The van der Waals surface area contributed by atoms with Crippen LogP contribution in [0.2, 0.25) is 0 Å². The normalized spacial score (nSPS) is 25.4. The molecule has 0 aliphatic carbocycles. The van der Waals surface area contributed by atoms with Gasteiger partial charge >= 0.3 is 0 Å². The summed E-state index contributed by atoms with van der Waals surface area (Å²) in [6.07, 6.45) is 3.96. The Labute approximate surface area is 120 Å². The molecule has 0 spiro atoms. The maximum atomic E-state index is 11.8. The first-order valence-electron chi connectivity index (χ1n) is 7.18. The molecule has 1 aliphatic rings. The minimum absolute atomic E-state index is 0.00472. The summed E-state index contributed by atoms with van der Waals surface area (Å²) in [6.45, 7) is 9.08. The number of nitrogens with zero attached hydrogens (tertiary/aromatic N) is 3. The Morgan fingerprint density at radius 3 is 2.75 bits per heavy atom. The van der Waals surface area contributed by atoms with Gasteiger partial charge in [-0.25, -0.2) is 0 Å². The van der Waals surface area contributed by atoms with Crippen molar-refractivity contribution in [2.45, 2.75) is 45.6 Å². The molecule has 0 radical (unpaired) electrons. The van der Waals surface area contributed by atoms with Crippen molar-refractivity contribution in [3.05, 3.63) is 18.5 Å². The lowest BCUT2D eigenvalue weighted by Gasteiger charge is -2.39. The van der Waals surface area contributed by atoms with Gasteiger partial charge in [-0.2, -0.15) is 5.10 Å². The number of rotatable bonds is 5. The van der Waals surface area contributed by atoms with E-state index in [2.05, 4.69) is 36.1 Å². The molecular weight excluding hydrogens is 256 g/mol. The number of amides is 1.